The zero-order valence-corrected chi connectivity index (χ0v) is 8.16. The van der Waals surface area contributed by atoms with Crippen molar-refractivity contribution in [1.29, 1.82) is 0 Å². The van der Waals surface area contributed by atoms with Gasteiger partial charge in [-0.05, 0) is 24.7 Å². The number of imidazole rings is 1. The fraction of sp³-hybridized carbons (Fsp3) is 0.700. The second-order valence-corrected chi connectivity index (χ2v) is 4.15. The summed E-state index contributed by atoms with van der Waals surface area (Å²) in [5.41, 5.74) is 0.0333. The summed E-state index contributed by atoms with van der Waals surface area (Å²) in [7, 11) is 0. The molecule has 2 rings (SSSR count). The van der Waals surface area contributed by atoms with Crippen LogP contribution in [0.5, 0.6) is 0 Å². The van der Waals surface area contributed by atoms with Crippen molar-refractivity contribution in [2.45, 2.75) is 32.7 Å². The van der Waals surface area contributed by atoms with Crippen molar-refractivity contribution in [3.05, 3.63) is 22.9 Å². The van der Waals surface area contributed by atoms with Gasteiger partial charge in [-0.1, -0.05) is 13.8 Å². The third-order valence-corrected chi connectivity index (χ3v) is 3.46. The van der Waals surface area contributed by atoms with E-state index in [2.05, 4.69) is 18.8 Å². The second-order valence-electron chi connectivity index (χ2n) is 4.15. The van der Waals surface area contributed by atoms with Gasteiger partial charge in [0.25, 0.3) is 0 Å². The summed E-state index contributed by atoms with van der Waals surface area (Å²) in [6.45, 7) is 4.50. The molecule has 72 valence electrons. The van der Waals surface area contributed by atoms with Crippen LogP contribution in [0.2, 0.25) is 0 Å². The van der Waals surface area contributed by atoms with Crippen LogP contribution in [0.4, 0.5) is 0 Å². The molecule has 1 heterocycles. The molecule has 0 aromatic carbocycles. The molecular weight excluding hydrogens is 164 g/mol. The Hall–Kier alpha value is -0.990. The largest absolute Gasteiger partial charge is 0.325 e. The first kappa shape index (κ1) is 8.60. The molecule has 13 heavy (non-hydrogen) atoms. The maximum atomic E-state index is 11.4. The third-order valence-electron chi connectivity index (χ3n) is 3.46. The summed E-state index contributed by atoms with van der Waals surface area (Å²) in [6.07, 6.45) is 5.96. The fourth-order valence-corrected chi connectivity index (χ4v) is 2.32. The van der Waals surface area contributed by atoms with Crippen LogP contribution >= 0.6 is 0 Å². The van der Waals surface area contributed by atoms with E-state index in [1.54, 1.807) is 6.20 Å². The SMILES string of the molecule is CC1CCC(n2cc[nH]c2=O)C1C. The Morgan fingerprint density at radius 3 is 2.69 bits per heavy atom. The van der Waals surface area contributed by atoms with Crippen molar-refractivity contribution < 1.29 is 0 Å². The molecule has 1 aromatic heterocycles. The predicted octanol–water partition coefficient (Wildman–Crippen LogP) is 1.78. The molecule has 1 aliphatic carbocycles. The van der Waals surface area contributed by atoms with Crippen molar-refractivity contribution in [3.63, 3.8) is 0 Å². The number of aromatic amines is 1. The number of rotatable bonds is 1. The van der Waals surface area contributed by atoms with Gasteiger partial charge in [0.15, 0.2) is 0 Å². The summed E-state index contributed by atoms with van der Waals surface area (Å²) in [5.74, 6) is 1.36. The van der Waals surface area contributed by atoms with Crippen molar-refractivity contribution in [2.24, 2.45) is 11.8 Å². The molecule has 3 heteroatoms. The van der Waals surface area contributed by atoms with E-state index in [1.165, 1.54) is 6.42 Å². The molecule has 0 bridgehead atoms. The van der Waals surface area contributed by atoms with Crippen molar-refractivity contribution in [2.75, 3.05) is 0 Å². The van der Waals surface area contributed by atoms with Crippen molar-refractivity contribution in [3.8, 4) is 0 Å². The normalized spacial score (nSPS) is 33.8. The van der Waals surface area contributed by atoms with Gasteiger partial charge in [0.2, 0.25) is 0 Å². The molecule has 0 radical (unpaired) electrons. The van der Waals surface area contributed by atoms with Crippen LogP contribution in [-0.2, 0) is 0 Å². The maximum Gasteiger partial charge on any atom is 0.325 e. The van der Waals surface area contributed by atoms with Crippen LogP contribution in [0, 0.1) is 11.8 Å². The number of nitrogens with zero attached hydrogens (tertiary/aromatic N) is 1. The predicted molar refractivity (Wildman–Crippen MR) is 51.7 cm³/mol. The lowest BCUT2D eigenvalue weighted by atomic mass is 9.98. The highest BCUT2D eigenvalue weighted by Crippen LogP contribution is 2.38. The maximum absolute atomic E-state index is 11.4. The highest BCUT2D eigenvalue weighted by molar-refractivity contribution is 4.89. The van der Waals surface area contributed by atoms with Gasteiger partial charge in [-0.3, -0.25) is 4.57 Å². The first-order valence-corrected chi connectivity index (χ1v) is 4.95. The highest BCUT2D eigenvalue weighted by atomic mass is 16.1. The van der Waals surface area contributed by atoms with Gasteiger partial charge >= 0.3 is 5.69 Å². The van der Waals surface area contributed by atoms with Crippen LogP contribution in [0.3, 0.4) is 0 Å². The van der Waals surface area contributed by atoms with Crippen LogP contribution in [0.15, 0.2) is 17.2 Å². The fourth-order valence-electron chi connectivity index (χ4n) is 2.32. The molecule has 1 saturated carbocycles. The minimum absolute atomic E-state index is 0.0333. The second kappa shape index (κ2) is 3.05. The number of hydrogen-bond acceptors (Lipinski definition) is 1. The average molecular weight is 180 g/mol. The number of aromatic nitrogens is 2. The molecule has 0 spiro atoms. The van der Waals surface area contributed by atoms with Crippen LogP contribution in [0.25, 0.3) is 0 Å². The molecular formula is C10H16N2O. The zero-order chi connectivity index (χ0) is 9.42. The zero-order valence-electron chi connectivity index (χ0n) is 8.16. The summed E-state index contributed by atoms with van der Waals surface area (Å²) in [5, 5.41) is 0. The Balaban J connectivity index is 2.28. The van der Waals surface area contributed by atoms with E-state index in [-0.39, 0.29) is 5.69 Å². The highest BCUT2D eigenvalue weighted by Gasteiger charge is 2.31. The monoisotopic (exact) mass is 180 g/mol. The van der Waals surface area contributed by atoms with E-state index in [1.807, 2.05) is 10.8 Å². The molecule has 1 aliphatic rings. The van der Waals surface area contributed by atoms with Gasteiger partial charge in [-0.15, -0.1) is 0 Å². The smallest absolute Gasteiger partial charge is 0.313 e. The molecule has 3 atom stereocenters. The third kappa shape index (κ3) is 1.32. The molecule has 0 aliphatic heterocycles. The lowest BCUT2D eigenvalue weighted by molar-refractivity contribution is 0.347. The van der Waals surface area contributed by atoms with Gasteiger partial charge in [-0.25, -0.2) is 4.79 Å². The van der Waals surface area contributed by atoms with Crippen LogP contribution in [0.1, 0.15) is 32.7 Å². The standard InChI is InChI=1S/C10H16N2O/c1-7-3-4-9(8(7)2)12-6-5-11-10(12)13/h5-9H,3-4H2,1-2H3,(H,11,13). The lowest BCUT2D eigenvalue weighted by Gasteiger charge is -2.18. The summed E-state index contributed by atoms with van der Waals surface area (Å²) >= 11 is 0. The van der Waals surface area contributed by atoms with Gasteiger partial charge in [0.05, 0.1) is 0 Å². The quantitative estimate of drug-likeness (QED) is 0.703. The molecule has 3 unspecified atom stereocenters. The molecule has 0 saturated heterocycles. The first-order valence-electron chi connectivity index (χ1n) is 4.95. The topological polar surface area (TPSA) is 37.8 Å². The van der Waals surface area contributed by atoms with Crippen LogP contribution < -0.4 is 5.69 Å². The first-order chi connectivity index (χ1) is 6.20. The number of nitrogens with one attached hydrogen (secondary N) is 1. The minimum atomic E-state index is 0.0333. The lowest BCUT2D eigenvalue weighted by Crippen LogP contribution is -2.24. The van der Waals surface area contributed by atoms with Crippen molar-refractivity contribution in [1.82, 2.24) is 9.55 Å². The minimum Gasteiger partial charge on any atom is -0.313 e. The Morgan fingerprint density at radius 2 is 2.23 bits per heavy atom. The average Bonchev–Trinajstić information content (AvgIpc) is 2.62. The van der Waals surface area contributed by atoms with E-state index in [4.69, 9.17) is 0 Å². The number of H-pyrrole nitrogens is 1. The molecule has 0 amide bonds. The van der Waals surface area contributed by atoms with Gasteiger partial charge in [0, 0.05) is 18.4 Å². The Morgan fingerprint density at radius 1 is 1.46 bits per heavy atom. The van der Waals surface area contributed by atoms with Gasteiger partial charge in [-0.2, -0.15) is 0 Å². The molecule has 1 N–H and O–H groups in total. The Kier molecular flexibility index (Phi) is 2.02. The van der Waals surface area contributed by atoms with Crippen molar-refractivity contribution >= 4 is 0 Å². The molecule has 1 aromatic rings. The van der Waals surface area contributed by atoms with E-state index in [0.29, 0.717) is 12.0 Å². The summed E-state index contributed by atoms with van der Waals surface area (Å²) in [4.78, 5) is 14.1. The Bertz CT molecular complexity index is 339. The van der Waals surface area contributed by atoms with Gasteiger partial charge in [0.1, 0.15) is 0 Å². The molecule has 3 nitrogen and oxygen atoms in total. The Labute approximate surface area is 77.8 Å². The van der Waals surface area contributed by atoms with E-state index >= 15 is 0 Å². The number of hydrogen-bond donors (Lipinski definition) is 1. The summed E-state index contributed by atoms with van der Waals surface area (Å²) < 4.78 is 1.84. The van der Waals surface area contributed by atoms with E-state index < -0.39 is 0 Å². The van der Waals surface area contributed by atoms with E-state index in [9.17, 15) is 4.79 Å². The van der Waals surface area contributed by atoms with Crippen LogP contribution in [-0.4, -0.2) is 9.55 Å². The van der Waals surface area contributed by atoms with E-state index in [0.717, 1.165) is 12.3 Å². The summed E-state index contributed by atoms with van der Waals surface area (Å²) in [6, 6.07) is 0.411. The molecule has 1 fully saturated rings. The van der Waals surface area contributed by atoms with Gasteiger partial charge < -0.3 is 4.98 Å².